The predicted octanol–water partition coefficient (Wildman–Crippen LogP) is 0.451. The lowest BCUT2D eigenvalue weighted by molar-refractivity contribution is -0.107. The zero-order valence-corrected chi connectivity index (χ0v) is 9.69. The first-order valence-electron chi connectivity index (χ1n) is 5.31. The van der Waals surface area contributed by atoms with Gasteiger partial charge in [0.25, 0.3) is 0 Å². The standard InChI is InChI=1S/C10H21N3O2/c1-7-6-8(13-10(11)12-7)4-5-9(14-2)15-3/h7-9H,4-6H2,1-3H3,(H3,11,12,13)/t7-,8+/m0/s1. The Hall–Kier alpha value is -0.810. The predicted molar refractivity (Wildman–Crippen MR) is 59.7 cm³/mol. The van der Waals surface area contributed by atoms with Gasteiger partial charge in [0.05, 0.1) is 6.04 Å². The Morgan fingerprint density at radius 3 is 2.73 bits per heavy atom. The highest BCUT2D eigenvalue weighted by molar-refractivity contribution is 5.78. The Morgan fingerprint density at radius 1 is 1.53 bits per heavy atom. The molecular weight excluding hydrogens is 194 g/mol. The Bertz CT molecular complexity index is 217. The maximum Gasteiger partial charge on any atom is 0.189 e. The van der Waals surface area contributed by atoms with E-state index in [-0.39, 0.29) is 12.3 Å². The van der Waals surface area contributed by atoms with Crippen molar-refractivity contribution < 1.29 is 9.47 Å². The van der Waals surface area contributed by atoms with E-state index >= 15 is 0 Å². The molecule has 0 spiro atoms. The van der Waals surface area contributed by atoms with Gasteiger partial charge in [0, 0.05) is 26.7 Å². The molecule has 0 aromatic carbocycles. The lowest BCUT2D eigenvalue weighted by atomic mass is 10.0. The third kappa shape index (κ3) is 4.05. The molecule has 0 aliphatic carbocycles. The molecule has 0 radical (unpaired) electrons. The third-order valence-electron chi connectivity index (χ3n) is 2.60. The molecule has 0 saturated carbocycles. The summed E-state index contributed by atoms with van der Waals surface area (Å²) in [6.07, 6.45) is 2.67. The molecule has 0 aromatic heterocycles. The number of methoxy groups -OCH3 is 2. The van der Waals surface area contributed by atoms with Crippen molar-refractivity contribution in [1.29, 1.82) is 0 Å². The highest BCUT2D eigenvalue weighted by atomic mass is 16.7. The second kappa shape index (κ2) is 5.92. The van der Waals surface area contributed by atoms with Crippen LogP contribution >= 0.6 is 0 Å². The van der Waals surface area contributed by atoms with Crippen molar-refractivity contribution in [3.8, 4) is 0 Å². The van der Waals surface area contributed by atoms with Crippen molar-refractivity contribution in [2.45, 2.75) is 44.6 Å². The summed E-state index contributed by atoms with van der Waals surface area (Å²) in [5.74, 6) is 0.546. The van der Waals surface area contributed by atoms with Crippen molar-refractivity contribution in [3.63, 3.8) is 0 Å². The van der Waals surface area contributed by atoms with Gasteiger partial charge in [0.15, 0.2) is 12.2 Å². The molecule has 0 saturated heterocycles. The van der Waals surface area contributed by atoms with E-state index in [1.807, 2.05) is 0 Å². The van der Waals surface area contributed by atoms with Gasteiger partial charge in [-0.3, -0.25) is 4.99 Å². The SMILES string of the molecule is COC(CC[C@@H]1C[C@H](C)NC(N)=N1)OC. The van der Waals surface area contributed by atoms with Crippen molar-refractivity contribution >= 4 is 5.96 Å². The fraction of sp³-hybridized carbons (Fsp3) is 0.900. The fourth-order valence-electron chi connectivity index (χ4n) is 1.85. The van der Waals surface area contributed by atoms with E-state index in [4.69, 9.17) is 15.2 Å². The topological polar surface area (TPSA) is 68.9 Å². The molecule has 1 heterocycles. The van der Waals surface area contributed by atoms with Crippen LogP contribution in [0.3, 0.4) is 0 Å². The molecule has 15 heavy (non-hydrogen) atoms. The molecule has 0 aromatic rings. The number of hydrogen-bond donors (Lipinski definition) is 2. The molecule has 5 nitrogen and oxygen atoms in total. The monoisotopic (exact) mass is 215 g/mol. The minimum Gasteiger partial charge on any atom is -0.370 e. The molecular formula is C10H21N3O2. The van der Waals surface area contributed by atoms with Gasteiger partial charge in [-0.2, -0.15) is 0 Å². The Morgan fingerprint density at radius 2 is 2.20 bits per heavy atom. The van der Waals surface area contributed by atoms with E-state index in [2.05, 4.69) is 17.2 Å². The fourth-order valence-corrected chi connectivity index (χ4v) is 1.85. The molecule has 0 bridgehead atoms. The molecule has 1 aliphatic rings. The van der Waals surface area contributed by atoms with Gasteiger partial charge in [-0.1, -0.05) is 0 Å². The zero-order chi connectivity index (χ0) is 11.3. The minimum atomic E-state index is -0.133. The van der Waals surface area contributed by atoms with Crippen LogP contribution in [0.15, 0.2) is 4.99 Å². The van der Waals surface area contributed by atoms with Gasteiger partial charge < -0.3 is 20.5 Å². The quantitative estimate of drug-likeness (QED) is 0.653. The Kier molecular flexibility index (Phi) is 4.84. The molecule has 1 aliphatic heterocycles. The van der Waals surface area contributed by atoms with Gasteiger partial charge in [-0.15, -0.1) is 0 Å². The maximum atomic E-state index is 5.66. The number of guanidine groups is 1. The molecule has 88 valence electrons. The number of nitrogens with one attached hydrogen (secondary N) is 1. The number of ether oxygens (including phenoxy) is 2. The van der Waals surface area contributed by atoms with Crippen molar-refractivity contribution in [2.24, 2.45) is 10.7 Å². The third-order valence-corrected chi connectivity index (χ3v) is 2.60. The first-order chi connectivity index (χ1) is 7.15. The summed E-state index contributed by atoms with van der Waals surface area (Å²) < 4.78 is 10.3. The molecule has 0 amide bonds. The van der Waals surface area contributed by atoms with Crippen LogP contribution in [-0.2, 0) is 9.47 Å². The zero-order valence-electron chi connectivity index (χ0n) is 9.69. The van der Waals surface area contributed by atoms with Gasteiger partial charge in [0.2, 0.25) is 0 Å². The summed E-state index contributed by atoms with van der Waals surface area (Å²) >= 11 is 0. The molecule has 5 heteroatoms. The highest BCUT2D eigenvalue weighted by Gasteiger charge is 2.19. The average molecular weight is 215 g/mol. The summed E-state index contributed by atoms with van der Waals surface area (Å²) in [5.41, 5.74) is 5.66. The van der Waals surface area contributed by atoms with Crippen LogP contribution in [0.4, 0.5) is 0 Å². The van der Waals surface area contributed by atoms with Crippen molar-refractivity contribution in [3.05, 3.63) is 0 Å². The van der Waals surface area contributed by atoms with E-state index < -0.39 is 0 Å². The van der Waals surface area contributed by atoms with Gasteiger partial charge in [-0.05, 0) is 19.8 Å². The normalized spacial score (nSPS) is 26.3. The lowest BCUT2D eigenvalue weighted by Crippen LogP contribution is -2.44. The number of nitrogens with two attached hydrogens (primary N) is 1. The summed E-state index contributed by atoms with van der Waals surface area (Å²) in [6, 6.07) is 0.685. The molecule has 2 atom stereocenters. The number of rotatable bonds is 5. The van der Waals surface area contributed by atoms with E-state index in [9.17, 15) is 0 Å². The van der Waals surface area contributed by atoms with Gasteiger partial charge in [-0.25, -0.2) is 0 Å². The molecule has 1 rings (SSSR count). The van der Waals surface area contributed by atoms with E-state index in [1.165, 1.54) is 0 Å². The first-order valence-corrected chi connectivity index (χ1v) is 5.31. The Balaban J connectivity index is 2.35. The number of nitrogens with zero attached hydrogens (tertiary/aromatic N) is 1. The highest BCUT2D eigenvalue weighted by Crippen LogP contribution is 2.15. The summed E-state index contributed by atoms with van der Waals surface area (Å²) in [6.45, 7) is 2.11. The second-order valence-corrected chi connectivity index (χ2v) is 3.93. The largest absolute Gasteiger partial charge is 0.370 e. The van der Waals surface area contributed by atoms with Crippen LogP contribution in [0, 0.1) is 0 Å². The van der Waals surface area contributed by atoms with Gasteiger partial charge in [0.1, 0.15) is 0 Å². The number of hydrogen-bond acceptors (Lipinski definition) is 5. The molecule has 3 N–H and O–H groups in total. The van der Waals surface area contributed by atoms with E-state index in [1.54, 1.807) is 14.2 Å². The van der Waals surface area contributed by atoms with Crippen LogP contribution < -0.4 is 11.1 Å². The summed E-state index contributed by atoms with van der Waals surface area (Å²) in [5, 5.41) is 3.09. The van der Waals surface area contributed by atoms with Crippen LogP contribution in [0.25, 0.3) is 0 Å². The van der Waals surface area contributed by atoms with E-state index in [0.717, 1.165) is 19.3 Å². The number of aliphatic imine (C=N–C) groups is 1. The molecule has 0 unspecified atom stereocenters. The maximum absolute atomic E-state index is 5.66. The second-order valence-electron chi connectivity index (χ2n) is 3.93. The smallest absolute Gasteiger partial charge is 0.189 e. The van der Waals surface area contributed by atoms with Crippen molar-refractivity contribution in [1.82, 2.24) is 5.32 Å². The lowest BCUT2D eigenvalue weighted by Gasteiger charge is -2.26. The molecule has 0 fully saturated rings. The first kappa shape index (κ1) is 12.3. The van der Waals surface area contributed by atoms with Crippen LogP contribution in [0.5, 0.6) is 0 Å². The summed E-state index contributed by atoms with van der Waals surface area (Å²) in [4.78, 5) is 4.35. The van der Waals surface area contributed by atoms with E-state index in [0.29, 0.717) is 12.0 Å². The average Bonchev–Trinajstić information content (AvgIpc) is 2.18. The van der Waals surface area contributed by atoms with Crippen molar-refractivity contribution in [2.75, 3.05) is 14.2 Å². The van der Waals surface area contributed by atoms with Crippen LogP contribution in [0.1, 0.15) is 26.2 Å². The minimum absolute atomic E-state index is 0.133. The van der Waals surface area contributed by atoms with Crippen LogP contribution in [0.2, 0.25) is 0 Å². The van der Waals surface area contributed by atoms with Crippen LogP contribution in [-0.4, -0.2) is 38.6 Å². The van der Waals surface area contributed by atoms with Gasteiger partial charge >= 0.3 is 0 Å². The Labute approximate surface area is 91.0 Å². The summed E-state index contributed by atoms with van der Waals surface area (Å²) in [7, 11) is 3.30.